The summed E-state index contributed by atoms with van der Waals surface area (Å²) >= 11 is 1.56. The van der Waals surface area contributed by atoms with E-state index in [4.69, 9.17) is 0 Å². The predicted octanol–water partition coefficient (Wildman–Crippen LogP) is 2.54. The molecule has 0 aromatic heterocycles. The first kappa shape index (κ1) is 16.4. The minimum Gasteiger partial charge on any atom is -0.325 e. The van der Waals surface area contributed by atoms with Gasteiger partial charge < -0.3 is 5.32 Å². The number of hydrogen-bond acceptors (Lipinski definition) is 4. The minimum atomic E-state index is -0.192. The van der Waals surface area contributed by atoms with E-state index >= 15 is 0 Å². The highest BCUT2D eigenvalue weighted by Gasteiger charge is 2.58. The van der Waals surface area contributed by atoms with E-state index in [1.165, 1.54) is 4.90 Å². The van der Waals surface area contributed by atoms with Crippen LogP contribution in [0.25, 0.3) is 0 Å². The lowest BCUT2D eigenvalue weighted by atomic mass is 9.85. The Bertz CT molecular complexity index is 746. The zero-order valence-electron chi connectivity index (χ0n) is 14.0. The Balaban J connectivity index is 1.38. The predicted molar refractivity (Wildman–Crippen MR) is 95.9 cm³/mol. The highest BCUT2D eigenvalue weighted by molar-refractivity contribution is 7.98. The molecule has 130 valence electrons. The number of imide groups is 1. The van der Waals surface area contributed by atoms with Gasteiger partial charge in [-0.25, -0.2) is 0 Å². The van der Waals surface area contributed by atoms with Gasteiger partial charge in [-0.15, -0.1) is 11.8 Å². The van der Waals surface area contributed by atoms with E-state index < -0.39 is 0 Å². The molecule has 6 heteroatoms. The van der Waals surface area contributed by atoms with Crippen LogP contribution in [0, 0.1) is 23.7 Å². The molecular weight excluding hydrogens is 336 g/mol. The maximum Gasteiger partial charge on any atom is 0.233 e. The molecule has 5 nitrogen and oxygen atoms in total. The number of carbonyl (C=O) groups excluding carboxylic acids is 3. The lowest BCUT2D eigenvalue weighted by Gasteiger charge is -2.17. The van der Waals surface area contributed by atoms with Gasteiger partial charge in [0.05, 0.1) is 17.5 Å². The Morgan fingerprint density at radius 1 is 1.16 bits per heavy atom. The molecule has 2 aliphatic carbocycles. The summed E-state index contributed by atoms with van der Waals surface area (Å²) in [6, 6.07) is 7.58. The number of nitrogens with zero attached hydrogens (tertiary/aromatic N) is 1. The smallest absolute Gasteiger partial charge is 0.233 e. The van der Waals surface area contributed by atoms with Crippen molar-refractivity contribution in [3.63, 3.8) is 0 Å². The van der Waals surface area contributed by atoms with Crippen LogP contribution in [-0.2, 0) is 14.4 Å². The SMILES string of the molecule is CSc1ccccc1NC(=O)CCN1C(=O)[C@H]2[C@H](C1=O)[C@H]1C=C[C@H]2C1. The summed E-state index contributed by atoms with van der Waals surface area (Å²) in [7, 11) is 0. The van der Waals surface area contributed by atoms with Gasteiger partial charge in [-0.05, 0) is 36.6 Å². The number of fused-ring (bicyclic) bond motifs is 5. The third kappa shape index (κ3) is 2.68. The van der Waals surface area contributed by atoms with Crippen molar-refractivity contribution in [2.75, 3.05) is 18.1 Å². The molecule has 0 radical (unpaired) electrons. The van der Waals surface area contributed by atoms with Crippen LogP contribution in [0.15, 0.2) is 41.3 Å². The lowest BCUT2D eigenvalue weighted by Crippen LogP contribution is -2.35. The highest BCUT2D eigenvalue weighted by Crippen LogP contribution is 2.52. The average molecular weight is 356 g/mol. The quantitative estimate of drug-likeness (QED) is 0.500. The summed E-state index contributed by atoms with van der Waals surface area (Å²) in [6.07, 6.45) is 7.15. The highest BCUT2D eigenvalue weighted by atomic mass is 32.2. The number of allylic oxidation sites excluding steroid dienone is 2. The van der Waals surface area contributed by atoms with Crippen molar-refractivity contribution in [2.45, 2.75) is 17.7 Å². The molecule has 2 fully saturated rings. The fraction of sp³-hybridized carbons (Fsp3) is 0.421. The molecule has 1 aromatic rings. The molecule has 1 heterocycles. The molecule has 1 N–H and O–H groups in total. The van der Waals surface area contributed by atoms with Gasteiger partial charge >= 0.3 is 0 Å². The number of hydrogen-bond donors (Lipinski definition) is 1. The van der Waals surface area contributed by atoms with E-state index in [-0.39, 0.29) is 54.4 Å². The monoisotopic (exact) mass is 356 g/mol. The van der Waals surface area contributed by atoms with Gasteiger partial charge in [0.1, 0.15) is 0 Å². The first-order chi connectivity index (χ1) is 12.1. The maximum atomic E-state index is 12.6. The second kappa shape index (κ2) is 6.33. The molecular formula is C19H20N2O3S. The summed E-state index contributed by atoms with van der Waals surface area (Å²) in [5.41, 5.74) is 0.762. The molecule has 1 saturated carbocycles. The van der Waals surface area contributed by atoms with Crippen LogP contribution < -0.4 is 5.32 Å². The Labute approximate surface area is 150 Å². The Hall–Kier alpha value is -2.08. The van der Waals surface area contributed by atoms with Crippen LogP contribution in [0.1, 0.15) is 12.8 Å². The maximum absolute atomic E-state index is 12.6. The zero-order chi connectivity index (χ0) is 17.6. The molecule has 4 atom stereocenters. The second-order valence-corrected chi connectivity index (χ2v) is 7.67. The molecule has 3 aliphatic rings. The standard InChI is InChI=1S/C19H20N2O3S/c1-25-14-5-3-2-4-13(14)20-15(22)8-9-21-18(23)16-11-6-7-12(10-11)17(16)19(21)24/h2-7,11-12,16-17H,8-10H2,1H3,(H,20,22)/t11-,12-,16+,17+/m0/s1. The largest absolute Gasteiger partial charge is 0.325 e. The fourth-order valence-electron chi connectivity index (χ4n) is 4.36. The number of nitrogens with one attached hydrogen (secondary N) is 1. The number of benzene rings is 1. The number of rotatable bonds is 5. The minimum absolute atomic E-state index is 0.0934. The summed E-state index contributed by atoms with van der Waals surface area (Å²) < 4.78 is 0. The molecule has 0 spiro atoms. The molecule has 1 saturated heterocycles. The molecule has 3 amide bonds. The van der Waals surface area contributed by atoms with Crippen molar-refractivity contribution in [3.05, 3.63) is 36.4 Å². The van der Waals surface area contributed by atoms with E-state index in [0.717, 1.165) is 17.0 Å². The fourth-order valence-corrected chi connectivity index (χ4v) is 4.91. The van der Waals surface area contributed by atoms with Gasteiger partial charge in [0.25, 0.3) is 0 Å². The van der Waals surface area contributed by atoms with E-state index in [1.807, 2.05) is 30.5 Å². The number of thioether (sulfide) groups is 1. The van der Waals surface area contributed by atoms with E-state index in [2.05, 4.69) is 17.5 Å². The Kier molecular flexibility index (Phi) is 4.15. The van der Waals surface area contributed by atoms with Crippen LogP contribution in [0.4, 0.5) is 5.69 Å². The van der Waals surface area contributed by atoms with Gasteiger partial charge in [0.2, 0.25) is 17.7 Å². The third-order valence-electron chi connectivity index (χ3n) is 5.51. The van der Waals surface area contributed by atoms with Crippen molar-refractivity contribution in [1.82, 2.24) is 4.90 Å². The van der Waals surface area contributed by atoms with Gasteiger partial charge in [-0.1, -0.05) is 24.3 Å². The molecule has 25 heavy (non-hydrogen) atoms. The topological polar surface area (TPSA) is 66.5 Å². The van der Waals surface area contributed by atoms with Crippen molar-refractivity contribution in [1.29, 1.82) is 0 Å². The normalized spacial score (nSPS) is 29.4. The van der Waals surface area contributed by atoms with Crippen LogP contribution in [0.3, 0.4) is 0 Å². The molecule has 1 aromatic carbocycles. The van der Waals surface area contributed by atoms with Crippen molar-refractivity contribution in [2.24, 2.45) is 23.7 Å². The summed E-state index contributed by atoms with van der Waals surface area (Å²) in [5, 5.41) is 2.87. The van der Waals surface area contributed by atoms with Crippen molar-refractivity contribution < 1.29 is 14.4 Å². The molecule has 2 bridgehead atoms. The number of amides is 3. The summed E-state index contributed by atoms with van der Waals surface area (Å²) in [4.78, 5) is 39.7. The number of anilines is 1. The van der Waals surface area contributed by atoms with E-state index in [0.29, 0.717) is 0 Å². The Morgan fingerprint density at radius 3 is 2.44 bits per heavy atom. The molecule has 1 aliphatic heterocycles. The first-order valence-electron chi connectivity index (χ1n) is 8.56. The van der Waals surface area contributed by atoms with Gasteiger partial charge in [-0.3, -0.25) is 19.3 Å². The zero-order valence-corrected chi connectivity index (χ0v) is 14.8. The van der Waals surface area contributed by atoms with Crippen molar-refractivity contribution in [3.8, 4) is 0 Å². The molecule has 0 unspecified atom stereocenters. The average Bonchev–Trinajstić information content (AvgIpc) is 3.28. The van der Waals surface area contributed by atoms with Crippen molar-refractivity contribution >= 4 is 35.2 Å². The van der Waals surface area contributed by atoms with Crippen LogP contribution in [-0.4, -0.2) is 35.4 Å². The number of likely N-dealkylation sites (tertiary alicyclic amines) is 1. The van der Waals surface area contributed by atoms with Crippen LogP contribution in [0.5, 0.6) is 0 Å². The van der Waals surface area contributed by atoms with E-state index in [9.17, 15) is 14.4 Å². The van der Waals surface area contributed by atoms with Crippen LogP contribution >= 0.6 is 11.8 Å². The van der Waals surface area contributed by atoms with Gasteiger partial charge in [0.15, 0.2) is 0 Å². The van der Waals surface area contributed by atoms with Gasteiger partial charge in [0, 0.05) is 17.9 Å². The van der Waals surface area contributed by atoms with Crippen LogP contribution in [0.2, 0.25) is 0 Å². The Morgan fingerprint density at radius 2 is 1.80 bits per heavy atom. The summed E-state index contributed by atoms with van der Waals surface area (Å²) in [5.74, 6) is -0.336. The number of carbonyl (C=O) groups is 3. The summed E-state index contributed by atoms with van der Waals surface area (Å²) in [6.45, 7) is 0.164. The third-order valence-corrected chi connectivity index (χ3v) is 6.30. The number of para-hydroxylation sites is 1. The molecule has 4 rings (SSSR count). The van der Waals surface area contributed by atoms with Gasteiger partial charge in [-0.2, -0.15) is 0 Å². The first-order valence-corrected chi connectivity index (χ1v) is 9.79. The lowest BCUT2D eigenvalue weighted by molar-refractivity contribution is -0.140. The van der Waals surface area contributed by atoms with E-state index in [1.54, 1.807) is 11.8 Å². The second-order valence-electron chi connectivity index (χ2n) is 6.83.